The average Bonchev–Trinajstić information content (AvgIpc) is 2.36. The van der Waals surface area contributed by atoms with Crippen molar-refractivity contribution in [3.63, 3.8) is 0 Å². The van der Waals surface area contributed by atoms with Gasteiger partial charge in [-0.1, -0.05) is 6.92 Å². The highest BCUT2D eigenvalue weighted by Gasteiger charge is 2.19. The number of sulfonamides is 1. The molecule has 0 fully saturated rings. The van der Waals surface area contributed by atoms with E-state index in [-0.39, 0.29) is 11.4 Å². The van der Waals surface area contributed by atoms with Gasteiger partial charge in [-0.15, -0.1) is 0 Å². The van der Waals surface area contributed by atoms with Crippen LogP contribution in [0.2, 0.25) is 0 Å². The van der Waals surface area contributed by atoms with Crippen molar-refractivity contribution >= 4 is 10.0 Å². The van der Waals surface area contributed by atoms with E-state index in [2.05, 4.69) is 4.72 Å². The van der Waals surface area contributed by atoms with Crippen LogP contribution in [0.4, 0.5) is 0 Å². The van der Waals surface area contributed by atoms with E-state index >= 15 is 0 Å². The van der Waals surface area contributed by atoms with E-state index in [4.69, 9.17) is 15.2 Å². The number of benzene rings is 1. The summed E-state index contributed by atoms with van der Waals surface area (Å²) in [5.41, 5.74) is 6.16. The van der Waals surface area contributed by atoms with Gasteiger partial charge in [0.05, 0.1) is 19.1 Å². The zero-order valence-corrected chi connectivity index (χ0v) is 11.5. The van der Waals surface area contributed by atoms with Crippen LogP contribution in [0, 0.1) is 0 Å². The molecule has 18 heavy (non-hydrogen) atoms. The fourth-order valence-electron chi connectivity index (χ4n) is 1.60. The third-order valence-corrected chi connectivity index (χ3v) is 3.92. The maximum absolute atomic E-state index is 11.9. The Labute approximate surface area is 107 Å². The summed E-state index contributed by atoms with van der Waals surface area (Å²) < 4.78 is 36.5. The van der Waals surface area contributed by atoms with Gasteiger partial charge in [0.1, 0.15) is 0 Å². The fraction of sp³-hybridized carbons (Fsp3) is 0.455. The van der Waals surface area contributed by atoms with E-state index in [1.54, 1.807) is 6.92 Å². The first-order chi connectivity index (χ1) is 8.50. The van der Waals surface area contributed by atoms with E-state index in [9.17, 15) is 8.42 Å². The Morgan fingerprint density at radius 2 is 1.94 bits per heavy atom. The van der Waals surface area contributed by atoms with Crippen LogP contribution in [0.15, 0.2) is 17.0 Å². The van der Waals surface area contributed by atoms with Gasteiger partial charge < -0.3 is 15.2 Å². The van der Waals surface area contributed by atoms with Crippen LogP contribution >= 0.6 is 0 Å². The molecule has 6 nitrogen and oxygen atoms in total. The van der Waals surface area contributed by atoms with Gasteiger partial charge in [-0.25, -0.2) is 13.1 Å². The lowest BCUT2D eigenvalue weighted by Gasteiger charge is -2.14. The number of methoxy groups -OCH3 is 2. The lowest BCUT2D eigenvalue weighted by molar-refractivity contribution is 0.350. The minimum atomic E-state index is -3.54. The lowest BCUT2D eigenvalue weighted by atomic mass is 10.2. The summed E-state index contributed by atoms with van der Waals surface area (Å²) in [6.07, 6.45) is 0. The molecular formula is C11H18N2O4S. The van der Waals surface area contributed by atoms with Crippen molar-refractivity contribution in [2.24, 2.45) is 5.73 Å². The van der Waals surface area contributed by atoms with Crippen molar-refractivity contribution < 1.29 is 17.9 Å². The Morgan fingerprint density at radius 1 is 1.28 bits per heavy atom. The first-order valence-corrected chi connectivity index (χ1v) is 6.93. The monoisotopic (exact) mass is 274 g/mol. The van der Waals surface area contributed by atoms with Gasteiger partial charge in [-0.05, 0) is 6.07 Å². The molecule has 1 rings (SSSR count). The molecule has 0 aromatic heterocycles. The van der Waals surface area contributed by atoms with Crippen LogP contribution in [0.25, 0.3) is 0 Å². The molecule has 1 aromatic rings. The third kappa shape index (κ3) is 2.92. The highest BCUT2D eigenvalue weighted by Crippen LogP contribution is 2.33. The number of ether oxygens (including phenoxy) is 2. The van der Waals surface area contributed by atoms with E-state index in [1.165, 1.54) is 26.4 Å². The summed E-state index contributed by atoms with van der Waals surface area (Å²) in [5, 5.41) is 0. The van der Waals surface area contributed by atoms with Crippen molar-refractivity contribution in [3.05, 3.63) is 17.7 Å². The first-order valence-electron chi connectivity index (χ1n) is 5.44. The standard InChI is InChI=1S/C11H18N2O4S/c1-4-13-18(14,15)9-5-8(7-12)11(17-3)10(6-9)16-2/h5-6,13H,4,7,12H2,1-3H3. The summed E-state index contributed by atoms with van der Waals surface area (Å²) in [5.74, 6) is 0.798. The van der Waals surface area contributed by atoms with Crippen molar-refractivity contribution in [2.45, 2.75) is 18.4 Å². The molecule has 0 heterocycles. The molecule has 0 spiro atoms. The first kappa shape index (κ1) is 14.7. The molecule has 1 aromatic carbocycles. The van der Waals surface area contributed by atoms with E-state index in [0.717, 1.165) is 0 Å². The lowest BCUT2D eigenvalue weighted by Crippen LogP contribution is -2.23. The van der Waals surface area contributed by atoms with Gasteiger partial charge in [0.15, 0.2) is 11.5 Å². The molecule has 7 heteroatoms. The number of nitrogens with two attached hydrogens (primary N) is 1. The van der Waals surface area contributed by atoms with E-state index in [0.29, 0.717) is 23.6 Å². The number of nitrogens with one attached hydrogen (secondary N) is 1. The van der Waals surface area contributed by atoms with Crippen LogP contribution in [0.1, 0.15) is 12.5 Å². The van der Waals surface area contributed by atoms with Crippen molar-refractivity contribution in [1.82, 2.24) is 4.72 Å². The third-order valence-electron chi connectivity index (χ3n) is 2.39. The van der Waals surface area contributed by atoms with Gasteiger partial charge in [0.25, 0.3) is 0 Å². The Hall–Kier alpha value is -1.31. The highest BCUT2D eigenvalue weighted by molar-refractivity contribution is 7.89. The molecule has 0 aliphatic rings. The minimum Gasteiger partial charge on any atom is -0.493 e. The maximum Gasteiger partial charge on any atom is 0.240 e. The zero-order valence-electron chi connectivity index (χ0n) is 10.7. The SMILES string of the molecule is CCNS(=O)(=O)c1cc(CN)c(OC)c(OC)c1. The van der Waals surface area contributed by atoms with Crippen LogP contribution in [-0.4, -0.2) is 29.2 Å². The van der Waals surface area contributed by atoms with Gasteiger partial charge in [0.2, 0.25) is 10.0 Å². The summed E-state index contributed by atoms with van der Waals surface area (Å²) in [6, 6.07) is 2.90. The van der Waals surface area contributed by atoms with Crippen LogP contribution < -0.4 is 19.9 Å². The predicted molar refractivity (Wildman–Crippen MR) is 68.3 cm³/mol. The smallest absolute Gasteiger partial charge is 0.240 e. The quantitative estimate of drug-likeness (QED) is 0.786. The molecule has 0 atom stereocenters. The number of rotatable bonds is 6. The topological polar surface area (TPSA) is 90.7 Å². The number of hydrogen-bond acceptors (Lipinski definition) is 5. The Kier molecular flexibility index (Phi) is 4.94. The largest absolute Gasteiger partial charge is 0.493 e. The highest BCUT2D eigenvalue weighted by atomic mass is 32.2. The zero-order chi connectivity index (χ0) is 13.8. The number of hydrogen-bond donors (Lipinski definition) is 2. The fourth-order valence-corrected chi connectivity index (χ4v) is 2.70. The van der Waals surface area contributed by atoms with Crippen LogP contribution in [-0.2, 0) is 16.6 Å². The minimum absolute atomic E-state index is 0.113. The molecule has 0 amide bonds. The molecular weight excluding hydrogens is 256 g/mol. The second-order valence-corrected chi connectivity index (χ2v) is 5.29. The molecule has 0 bridgehead atoms. The van der Waals surface area contributed by atoms with E-state index in [1.807, 2.05) is 0 Å². The Balaban J connectivity index is 3.41. The van der Waals surface area contributed by atoms with E-state index < -0.39 is 10.0 Å². The molecule has 0 saturated heterocycles. The Bertz CT molecular complexity index is 489. The second-order valence-electron chi connectivity index (χ2n) is 3.52. The molecule has 3 N–H and O–H groups in total. The molecule has 0 aliphatic heterocycles. The maximum atomic E-state index is 11.9. The molecule has 0 unspecified atom stereocenters. The molecule has 0 aliphatic carbocycles. The van der Waals surface area contributed by atoms with Gasteiger partial charge in [-0.2, -0.15) is 0 Å². The summed E-state index contributed by atoms with van der Waals surface area (Å²) in [4.78, 5) is 0.113. The van der Waals surface area contributed by atoms with Crippen molar-refractivity contribution in [1.29, 1.82) is 0 Å². The average molecular weight is 274 g/mol. The Morgan fingerprint density at radius 3 is 2.39 bits per heavy atom. The van der Waals surface area contributed by atoms with Gasteiger partial charge in [-0.3, -0.25) is 0 Å². The normalized spacial score (nSPS) is 11.3. The molecule has 102 valence electrons. The van der Waals surface area contributed by atoms with Crippen LogP contribution in [0.5, 0.6) is 11.5 Å². The molecule has 0 saturated carbocycles. The van der Waals surface area contributed by atoms with Gasteiger partial charge >= 0.3 is 0 Å². The summed E-state index contributed by atoms with van der Waals surface area (Å²) in [6.45, 7) is 2.19. The van der Waals surface area contributed by atoms with Crippen molar-refractivity contribution in [2.75, 3.05) is 20.8 Å². The summed E-state index contributed by atoms with van der Waals surface area (Å²) >= 11 is 0. The van der Waals surface area contributed by atoms with Crippen molar-refractivity contribution in [3.8, 4) is 11.5 Å². The van der Waals surface area contributed by atoms with Crippen LogP contribution in [0.3, 0.4) is 0 Å². The second kappa shape index (κ2) is 6.03. The summed E-state index contributed by atoms with van der Waals surface area (Å²) in [7, 11) is -0.614. The predicted octanol–water partition coefficient (Wildman–Crippen LogP) is 0.461. The molecule has 0 radical (unpaired) electrons. The van der Waals surface area contributed by atoms with Gasteiger partial charge in [0, 0.05) is 24.7 Å².